The van der Waals surface area contributed by atoms with Crippen LogP contribution < -0.4 is 10.6 Å². The zero-order valence-corrected chi connectivity index (χ0v) is 18.8. The molecular weight excluding hydrogens is 463 g/mol. The number of hydrogen-bond acceptors (Lipinski definition) is 3. The molecule has 7 heteroatoms. The van der Waals surface area contributed by atoms with Gasteiger partial charge in [-0.3, -0.25) is 4.99 Å². The normalized spacial score (nSPS) is 11.6. The smallest absolute Gasteiger partial charge is 0.191 e. The lowest BCUT2D eigenvalue weighted by molar-refractivity contribution is 0.508. The number of nitrogens with one attached hydrogen (secondary N) is 2. The van der Waals surface area contributed by atoms with E-state index in [-0.39, 0.29) is 29.4 Å². The largest absolute Gasteiger partial charge is 0.356 e. The van der Waals surface area contributed by atoms with E-state index in [1.807, 2.05) is 18.2 Å². The lowest BCUT2D eigenvalue weighted by Crippen LogP contribution is -2.43. The maximum atomic E-state index is 4.33. The quantitative estimate of drug-likeness (QED) is 0.315. The van der Waals surface area contributed by atoms with E-state index in [4.69, 9.17) is 0 Å². The van der Waals surface area contributed by atoms with Crippen LogP contribution in [0, 0.1) is 0 Å². The highest BCUT2D eigenvalue weighted by Crippen LogP contribution is 2.21. The number of aromatic nitrogens is 3. The van der Waals surface area contributed by atoms with E-state index >= 15 is 0 Å². The number of nitrogens with zero attached hydrogens (tertiary/aromatic N) is 4. The predicted octanol–water partition coefficient (Wildman–Crippen LogP) is 3.53. The molecule has 6 nitrogen and oxygen atoms in total. The van der Waals surface area contributed by atoms with Crippen molar-refractivity contribution in [1.82, 2.24) is 25.4 Å². The lowest BCUT2D eigenvalue weighted by atomic mass is 9.85. The van der Waals surface area contributed by atoms with Gasteiger partial charge in [0.25, 0.3) is 0 Å². The number of benzene rings is 2. The minimum Gasteiger partial charge on any atom is -0.356 e. The summed E-state index contributed by atoms with van der Waals surface area (Å²) in [5.41, 5.74) is 3.47. The third-order valence-electron chi connectivity index (χ3n) is 4.56. The molecule has 148 valence electrons. The van der Waals surface area contributed by atoms with Crippen LogP contribution in [0.5, 0.6) is 0 Å². The summed E-state index contributed by atoms with van der Waals surface area (Å²) in [5.74, 6) is 0.791. The number of guanidine groups is 1. The molecule has 0 aliphatic rings. The summed E-state index contributed by atoms with van der Waals surface area (Å²) >= 11 is 0. The molecule has 0 aliphatic carbocycles. The first-order valence-electron chi connectivity index (χ1n) is 9.02. The topological polar surface area (TPSA) is 67.1 Å². The van der Waals surface area contributed by atoms with Crippen molar-refractivity contribution >= 4 is 29.9 Å². The van der Waals surface area contributed by atoms with Crippen LogP contribution in [0.15, 0.2) is 72.2 Å². The van der Waals surface area contributed by atoms with Crippen molar-refractivity contribution in [2.24, 2.45) is 4.99 Å². The standard InChI is InChI=1S/C21H26N6.HI/c1-21(2,18-7-5-4-6-8-18)14-25-20(22-3)24-13-17-9-11-19(12-10-17)27-16-23-15-26-27;/h4-12,15-16H,13-14H2,1-3H3,(H2,22,24,25);1H. The van der Waals surface area contributed by atoms with Crippen molar-refractivity contribution in [3.8, 4) is 5.69 Å². The van der Waals surface area contributed by atoms with E-state index in [0.29, 0.717) is 6.54 Å². The Kier molecular flexibility index (Phi) is 7.98. The molecule has 3 rings (SSSR count). The molecule has 0 bridgehead atoms. The Labute approximate surface area is 183 Å². The second kappa shape index (κ2) is 10.2. The van der Waals surface area contributed by atoms with Crippen molar-refractivity contribution < 1.29 is 0 Å². The lowest BCUT2D eigenvalue weighted by Gasteiger charge is -2.26. The Morgan fingerprint density at radius 3 is 2.36 bits per heavy atom. The number of rotatable bonds is 6. The molecule has 0 aliphatic heterocycles. The second-order valence-electron chi connectivity index (χ2n) is 7.04. The third kappa shape index (κ3) is 5.79. The van der Waals surface area contributed by atoms with Gasteiger partial charge in [0.15, 0.2) is 5.96 Å². The Morgan fingerprint density at radius 2 is 1.75 bits per heavy atom. The fourth-order valence-electron chi connectivity index (χ4n) is 2.81. The van der Waals surface area contributed by atoms with Crippen molar-refractivity contribution in [2.75, 3.05) is 13.6 Å². The number of halogens is 1. The molecule has 3 aromatic rings. The molecule has 2 aromatic carbocycles. The van der Waals surface area contributed by atoms with E-state index in [1.165, 1.54) is 17.5 Å². The van der Waals surface area contributed by atoms with Crippen LogP contribution in [0.2, 0.25) is 0 Å². The van der Waals surface area contributed by atoms with Crippen LogP contribution in [-0.4, -0.2) is 34.3 Å². The highest BCUT2D eigenvalue weighted by atomic mass is 127. The van der Waals surface area contributed by atoms with Crippen molar-refractivity contribution in [1.29, 1.82) is 0 Å². The van der Waals surface area contributed by atoms with Gasteiger partial charge in [-0.25, -0.2) is 9.67 Å². The molecule has 0 saturated carbocycles. The third-order valence-corrected chi connectivity index (χ3v) is 4.56. The maximum absolute atomic E-state index is 4.33. The molecule has 0 fully saturated rings. The first-order chi connectivity index (χ1) is 13.1. The van der Waals surface area contributed by atoms with Crippen LogP contribution in [0.4, 0.5) is 0 Å². The van der Waals surface area contributed by atoms with Gasteiger partial charge in [0.1, 0.15) is 12.7 Å². The van der Waals surface area contributed by atoms with Gasteiger partial charge in [-0.05, 0) is 23.3 Å². The molecule has 1 aromatic heterocycles. The van der Waals surface area contributed by atoms with Gasteiger partial charge in [0, 0.05) is 25.6 Å². The highest BCUT2D eigenvalue weighted by molar-refractivity contribution is 14.0. The molecular formula is C21H27IN6. The van der Waals surface area contributed by atoms with Gasteiger partial charge in [-0.1, -0.05) is 56.3 Å². The molecule has 0 radical (unpaired) electrons. The summed E-state index contributed by atoms with van der Waals surface area (Å²) in [6.07, 6.45) is 3.22. The Balaban J connectivity index is 0.00000280. The van der Waals surface area contributed by atoms with E-state index in [1.54, 1.807) is 18.1 Å². The molecule has 0 saturated heterocycles. The molecule has 0 unspecified atom stereocenters. The monoisotopic (exact) mass is 490 g/mol. The van der Waals surface area contributed by atoms with Gasteiger partial charge in [-0.15, -0.1) is 24.0 Å². The number of aliphatic imine (C=N–C) groups is 1. The number of hydrogen-bond donors (Lipinski definition) is 2. The van der Waals surface area contributed by atoms with E-state index < -0.39 is 0 Å². The summed E-state index contributed by atoms with van der Waals surface area (Å²) in [6, 6.07) is 18.7. The van der Waals surface area contributed by atoms with Gasteiger partial charge in [-0.2, -0.15) is 5.10 Å². The Hall–Kier alpha value is -2.42. The molecule has 0 spiro atoms. The van der Waals surface area contributed by atoms with Crippen LogP contribution in [0.3, 0.4) is 0 Å². The van der Waals surface area contributed by atoms with Crippen LogP contribution in [0.25, 0.3) is 5.69 Å². The Morgan fingerprint density at radius 1 is 1.04 bits per heavy atom. The van der Waals surface area contributed by atoms with Gasteiger partial charge in [0.05, 0.1) is 5.69 Å². The first-order valence-corrected chi connectivity index (χ1v) is 9.02. The summed E-state index contributed by atoms with van der Waals surface area (Å²) in [5, 5.41) is 10.9. The summed E-state index contributed by atoms with van der Waals surface area (Å²) in [4.78, 5) is 8.30. The predicted molar refractivity (Wildman–Crippen MR) is 124 cm³/mol. The zero-order chi connectivity index (χ0) is 19.1. The average molecular weight is 490 g/mol. The summed E-state index contributed by atoms with van der Waals surface area (Å²) < 4.78 is 1.74. The molecule has 0 amide bonds. The van der Waals surface area contributed by atoms with Crippen molar-refractivity contribution in [3.05, 3.63) is 78.4 Å². The van der Waals surface area contributed by atoms with E-state index in [0.717, 1.165) is 18.2 Å². The molecule has 1 heterocycles. The van der Waals surface area contributed by atoms with Crippen molar-refractivity contribution in [2.45, 2.75) is 25.8 Å². The highest BCUT2D eigenvalue weighted by Gasteiger charge is 2.20. The first kappa shape index (κ1) is 21.9. The van der Waals surface area contributed by atoms with Crippen LogP contribution in [0.1, 0.15) is 25.0 Å². The van der Waals surface area contributed by atoms with Gasteiger partial charge < -0.3 is 10.6 Å². The zero-order valence-electron chi connectivity index (χ0n) is 16.5. The average Bonchev–Trinajstić information content (AvgIpc) is 3.24. The fourth-order valence-corrected chi connectivity index (χ4v) is 2.81. The Bertz CT molecular complexity index is 858. The fraction of sp³-hybridized carbons (Fsp3) is 0.286. The minimum atomic E-state index is 0. The van der Waals surface area contributed by atoms with Crippen LogP contribution >= 0.6 is 24.0 Å². The summed E-state index contributed by atoms with van der Waals surface area (Å²) in [6.45, 7) is 5.95. The van der Waals surface area contributed by atoms with Crippen LogP contribution in [-0.2, 0) is 12.0 Å². The second-order valence-corrected chi connectivity index (χ2v) is 7.04. The summed E-state index contributed by atoms with van der Waals surface area (Å²) in [7, 11) is 1.79. The minimum absolute atomic E-state index is 0. The SMILES string of the molecule is CN=C(NCc1ccc(-n2cncn2)cc1)NCC(C)(C)c1ccccc1.I. The van der Waals surface area contributed by atoms with Gasteiger partial charge >= 0.3 is 0 Å². The van der Waals surface area contributed by atoms with E-state index in [9.17, 15) is 0 Å². The van der Waals surface area contributed by atoms with Gasteiger partial charge in [0.2, 0.25) is 0 Å². The molecule has 2 N–H and O–H groups in total. The maximum Gasteiger partial charge on any atom is 0.191 e. The van der Waals surface area contributed by atoms with E-state index in [2.05, 4.69) is 76.0 Å². The molecule has 28 heavy (non-hydrogen) atoms. The molecule has 0 atom stereocenters. The van der Waals surface area contributed by atoms with Crippen molar-refractivity contribution in [3.63, 3.8) is 0 Å².